The van der Waals surface area contributed by atoms with E-state index in [9.17, 15) is 5.11 Å². The monoisotopic (exact) mass is 286 g/mol. The Kier molecular flexibility index (Phi) is 6.91. The lowest BCUT2D eigenvalue weighted by atomic mass is 10.3. The van der Waals surface area contributed by atoms with E-state index in [2.05, 4.69) is 20.4 Å². The maximum absolute atomic E-state index is 9.71. The van der Waals surface area contributed by atoms with Gasteiger partial charge in [0.25, 0.3) is 0 Å². The third-order valence-corrected chi connectivity index (χ3v) is 2.35. The van der Waals surface area contributed by atoms with Gasteiger partial charge in [-0.1, -0.05) is 6.92 Å². The number of methoxy groups -OCH3 is 1. The van der Waals surface area contributed by atoms with Gasteiger partial charge < -0.3 is 19.5 Å². The van der Waals surface area contributed by atoms with Crippen LogP contribution >= 0.6 is 0 Å². The fraction of sp³-hybridized carbons (Fsp3) is 0.727. The average molecular weight is 286 g/mol. The maximum atomic E-state index is 9.71. The van der Waals surface area contributed by atoms with Gasteiger partial charge in [-0.3, -0.25) is 5.43 Å². The molecule has 1 aromatic rings. The summed E-state index contributed by atoms with van der Waals surface area (Å²) < 4.78 is 10.2. The molecule has 9 nitrogen and oxygen atoms in total. The molecular formula is C11H22N6O3. The molecule has 0 aliphatic carbocycles. The summed E-state index contributed by atoms with van der Waals surface area (Å²) in [5, 5.41) is 9.71. The molecule has 0 fully saturated rings. The van der Waals surface area contributed by atoms with Crippen LogP contribution in [0, 0.1) is 0 Å². The fourth-order valence-electron chi connectivity index (χ4n) is 1.48. The minimum Gasteiger partial charge on any atom is -0.463 e. The van der Waals surface area contributed by atoms with E-state index in [-0.39, 0.29) is 18.6 Å². The average Bonchev–Trinajstić information content (AvgIpc) is 2.44. The molecule has 1 heterocycles. The number of hydrogen-bond acceptors (Lipinski definition) is 9. The van der Waals surface area contributed by atoms with Gasteiger partial charge in [-0.25, -0.2) is 5.84 Å². The topological polar surface area (TPSA) is 119 Å². The van der Waals surface area contributed by atoms with Crippen molar-refractivity contribution in [3.63, 3.8) is 0 Å². The molecule has 4 N–H and O–H groups in total. The predicted molar refractivity (Wildman–Crippen MR) is 74.6 cm³/mol. The number of nitrogens with one attached hydrogen (secondary N) is 1. The van der Waals surface area contributed by atoms with E-state index < -0.39 is 6.10 Å². The zero-order valence-corrected chi connectivity index (χ0v) is 12.0. The van der Waals surface area contributed by atoms with E-state index in [0.29, 0.717) is 19.1 Å². The van der Waals surface area contributed by atoms with Gasteiger partial charge >= 0.3 is 6.01 Å². The molecule has 0 aromatic carbocycles. The number of nitrogens with two attached hydrogens (primary N) is 1. The number of ether oxygens (including phenoxy) is 2. The number of nitrogen functional groups attached to an aromatic ring is 1. The number of hydrazine groups is 1. The smallest absolute Gasteiger partial charge is 0.323 e. The Bertz CT molecular complexity index is 406. The summed E-state index contributed by atoms with van der Waals surface area (Å²) in [6.07, 6.45) is 0.200. The molecule has 0 aliphatic rings. The molecule has 1 unspecified atom stereocenters. The highest BCUT2D eigenvalue weighted by Gasteiger charge is 2.14. The first-order valence-corrected chi connectivity index (χ1v) is 6.34. The van der Waals surface area contributed by atoms with Gasteiger partial charge in [0.15, 0.2) is 0 Å². The highest BCUT2D eigenvalue weighted by atomic mass is 16.5. The van der Waals surface area contributed by atoms with Crippen molar-refractivity contribution < 1.29 is 14.6 Å². The van der Waals surface area contributed by atoms with Crippen molar-refractivity contribution in [2.45, 2.75) is 19.4 Å². The Morgan fingerprint density at radius 3 is 2.75 bits per heavy atom. The molecule has 0 spiro atoms. The van der Waals surface area contributed by atoms with Gasteiger partial charge in [-0.05, 0) is 6.42 Å². The molecule has 114 valence electrons. The van der Waals surface area contributed by atoms with Crippen LogP contribution < -0.4 is 20.9 Å². The molecule has 1 rings (SSSR count). The highest BCUT2D eigenvalue weighted by molar-refractivity contribution is 5.37. The molecule has 9 heteroatoms. The highest BCUT2D eigenvalue weighted by Crippen LogP contribution is 2.14. The Morgan fingerprint density at radius 2 is 2.15 bits per heavy atom. The van der Waals surface area contributed by atoms with Gasteiger partial charge in [0.2, 0.25) is 11.9 Å². The van der Waals surface area contributed by atoms with E-state index in [0.717, 1.165) is 6.42 Å². The minimum atomic E-state index is -0.643. The largest absolute Gasteiger partial charge is 0.463 e. The number of hydrogen-bond donors (Lipinski definition) is 3. The number of aromatic nitrogens is 3. The van der Waals surface area contributed by atoms with E-state index in [1.54, 1.807) is 11.9 Å². The van der Waals surface area contributed by atoms with Gasteiger partial charge in [0.1, 0.15) is 0 Å². The molecule has 1 atom stereocenters. The summed E-state index contributed by atoms with van der Waals surface area (Å²) in [6.45, 7) is 3.03. The Morgan fingerprint density at radius 1 is 1.40 bits per heavy atom. The zero-order chi connectivity index (χ0) is 15.0. The number of rotatable bonds is 9. The molecule has 0 saturated carbocycles. The summed E-state index contributed by atoms with van der Waals surface area (Å²) in [7, 11) is 3.28. The second kappa shape index (κ2) is 8.46. The molecule has 0 radical (unpaired) electrons. The van der Waals surface area contributed by atoms with Crippen LogP contribution in [0.4, 0.5) is 11.9 Å². The van der Waals surface area contributed by atoms with Crippen LogP contribution in [0.2, 0.25) is 0 Å². The second-order valence-electron chi connectivity index (χ2n) is 4.22. The van der Waals surface area contributed by atoms with E-state index in [1.807, 2.05) is 6.92 Å². The van der Waals surface area contributed by atoms with Crippen LogP contribution in [0.25, 0.3) is 0 Å². The van der Waals surface area contributed by atoms with Crippen LogP contribution in [0.3, 0.4) is 0 Å². The normalized spacial score (nSPS) is 12.1. The summed E-state index contributed by atoms with van der Waals surface area (Å²) in [6, 6.07) is 0.192. The Labute approximate surface area is 118 Å². The van der Waals surface area contributed by atoms with Crippen molar-refractivity contribution in [2.24, 2.45) is 5.84 Å². The first-order chi connectivity index (χ1) is 9.60. The summed E-state index contributed by atoms with van der Waals surface area (Å²) in [5.41, 5.74) is 2.36. The van der Waals surface area contributed by atoms with Gasteiger partial charge in [-0.2, -0.15) is 15.0 Å². The number of anilines is 2. The number of aliphatic hydroxyl groups is 1. The quantitative estimate of drug-likeness (QED) is 0.403. The molecule has 0 bridgehead atoms. The third kappa shape index (κ3) is 5.11. The fourth-order valence-corrected chi connectivity index (χ4v) is 1.48. The van der Waals surface area contributed by atoms with Crippen molar-refractivity contribution in [1.29, 1.82) is 0 Å². The maximum Gasteiger partial charge on any atom is 0.323 e. The zero-order valence-electron chi connectivity index (χ0n) is 12.0. The van der Waals surface area contributed by atoms with Crippen LogP contribution in [0.1, 0.15) is 13.3 Å². The minimum absolute atomic E-state index is 0.192. The molecule has 0 saturated heterocycles. The van der Waals surface area contributed by atoms with Crippen molar-refractivity contribution >= 4 is 11.9 Å². The third-order valence-electron chi connectivity index (χ3n) is 2.35. The van der Waals surface area contributed by atoms with Crippen molar-refractivity contribution in [3.05, 3.63) is 0 Å². The van der Waals surface area contributed by atoms with Gasteiger partial charge in [0, 0.05) is 20.7 Å². The second-order valence-corrected chi connectivity index (χ2v) is 4.22. The SMILES string of the molecule is CCCOc1nc(NN)nc(N(C)CC(O)COC)n1. The van der Waals surface area contributed by atoms with Gasteiger partial charge in [0.05, 0.1) is 19.3 Å². The Hall–Kier alpha value is -1.71. The van der Waals surface area contributed by atoms with Crippen LogP contribution in [0.5, 0.6) is 6.01 Å². The number of nitrogens with zero attached hydrogens (tertiary/aromatic N) is 4. The summed E-state index contributed by atoms with van der Waals surface area (Å²) in [5.74, 6) is 5.88. The molecule has 1 aromatic heterocycles. The van der Waals surface area contributed by atoms with Crippen LogP contribution in [0.15, 0.2) is 0 Å². The van der Waals surface area contributed by atoms with Crippen molar-refractivity contribution in [1.82, 2.24) is 15.0 Å². The summed E-state index contributed by atoms with van der Waals surface area (Å²) in [4.78, 5) is 13.9. The van der Waals surface area contributed by atoms with E-state index >= 15 is 0 Å². The molecule has 0 amide bonds. The number of aliphatic hydroxyl groups excluding tert-OH is 1. The van der Waals surface area contributed by atoms with Gasteiger partial charge in [-0.15, -0.1) is 0 Å². The first-order valence-electron chi connectivity index (χ1n) is 6.34. The molecular weight excluding hydrogens is 264 g/mol. The van der Waals surface area contributed by atoms with Crippen LogP contribution in [-0.4, -0.2) is 60.1 Å². The lowest BCUT2D eigenvalue weighted by Gasteiger charge is -2.20. The van der Waals surface area contributed by atoms with E-state index in [1.165, 1.54) is 7.11 Å². The lowest BCUT2D eigenvalue weighted by Crippen LogP contribution is -2.33. The molecule has 0 aliphatic heterocycles. The van der Waals surface area contributed by atoms with Crippen LogP contribution in [-0.2, 0) is 4.74 Å². The summed E-state index contributed by atoms with van der Waals surface area (Å²) >= 11 is 0. The lowest BCUT2D eigenvalue weighted by molar-refractivity contribution is 0.0693. The standard InChI is InChI=1S/C11H22N6O3/c1-4-5-20-11-14-9(16-12)13-10(15-11)17(2)6-8(18)7-19-3/h8,18H,4-7,12H2,1-3H3,(H,13,14,15,16). The Balaban J connectivity index is 2.80. The predicted octanol–water partition coefficient (Wildman–Crippen LogP) is -0.610. The van der Waals surface area contributed by atoms with E-state index in [4.69, 9.17) is 15.3 Å². The van der Waals surface area contributed by atoms with Crippen molar-refractivity contribution in [3.8, 4) is 6.01 Å². The number of likely N-dealkylation sites (N-methyl/N-ethyl adjacent to an activating group) is 1. The first kappa shape index (κ1) is 16.3. The molecule has 20 heavy (non-hydrogen) atoms. The van der Waals surface area contributed by atoms with Crippen molar-refractivity contribution in [2.75, 3.05) is 44.2 Å².